The average molecular weight is 148 g/mol. The van der Waals surface area contributed by atoms with Gasteiger partial charge in [-0.2, -0.15) is 25.3 Å². The largest absolute Gasteiger partial charge is 0.175 e. The van der Waals surface area contributed by atoms with Gasteiger partial charge in [0.05, 0.1) is 0 Å². The fraction of sp³-hybridized carbons (Fsp3) is 1.00. The quantitative estimate of drug-likeness (QED) is 0.483. The van der Waals surface area contributed by atoms with E-state index < -0.39 is 0 Å². The van der Waals surface area contributed by atoms with E-state index in [0.717, 1.165) is 0 Å². The van der Waals surface area contributed by atoms with Gasteiger partial charge < -0.3 is 0 Å². The molecule has 1 aliphatic carbocycles. The summed E-state index contributed by atoms with van der Waals surface area (Å²) < 4.78 is 0. The average Bonchev–Trinajstić information content (AvgIpc) is 1.77. The third kappa shape index (κ3) is 1.59. The summed E-state index contributed by atoms with van der Waals surface area (Å²) in [5, 5.41) is 1.12. The van der Waals surface area contributed by atoms with Crippen LogP contribution in [0.1, 0.15) is 25.7 Å². The van der Waals surface area contributed by atoms with Gasteiger partial charge in [-0.05, 0) is 12.8 Å². The van der Waals surface area contributed by atoms with E-state index in [2.05, 4.69) is 25.3 Å². The summed E-state index contributed by atoms with van der Waals surface area (Å²) in [6.07, 6.45) is 5.23. The molecule has 8 heavy (non-hydrogen) atoms. The lowest BCUT2D eigenvalue weighted by molar-refractivity contribution is 0.532. The number of rotatable bonds is 0. The van der Waals surface area contributed by atoms with Crippen LogP contribution < -0.4 is 0 Å². The van der Waals surface area contributed by atoms with Crippen LogP contribution in [0, 0.1) is 0 Å². The zero-order valence-corrected chi connectivity index (χ0v) is 6.67. The molecule has 2 heteroatoms. The fourth-order valence-electron chi connectivity index (χ4n) is 1.09. The minimum atomic E-state index is 0.562. The third-order valence-corrected chi connectivity index (χ3v) is 3.17. The van der Waals surface area contributed by atoms with Crippen molar-refractivity contribution in [2.45, 2.75) is 36.2 Å². The van der Waals surface area contributed by atoms with Gasteiger partial charge in [-0.25, -0.2) is 0 Å². The Morgan fingerprint density at radius 3 is 1.50 bits per heavy atom. The SMILES string of the molecule is SC1CCCC[C@H]1S. The molecule has 0 bridgehead atoms. The molecule has 1 unspecified atom stereocenters. The number of hydrogen-bond donors (Lipinski definition) is 2. The Morgan fingerprint density at radius 2 is 1.25 bits per heavy atom. The van der Waals surface area contributed by atoms with E-state index in [4.69, 9.17) is 0 Å². The normalized spacial score (nSPS) is 39.8. The first-order chi connectivity index (χ1) is 3.80. The molecule has 48 valence electrons. The summed E-state index contributed by atoms with van der Waals surface area (Å²) >= 11 is 8.76. The van der Waals surface area contributed by atoms with Crippen molar-refractivity contribution >= 4 is 25.3 Å². The Kier molecular flexibility index (Phi) is 2.57. The minimum absolute atomic E-state index is 0.562. The molecule has 1 aliphatic rings. The van der Waals surface area contributed by atoms with Crippen LogP contribution in [0.4, 0.5) is 0 Å². The van der Waals surface area contributed by atoms with Gasteiger partial charge in [-0.1, -0.05) is 12.8 Å². The summed E-state index contributed by atoms with van der Waals surface area (Å²) in [7, 11) is 0. The molecular formula is C6H12S2. The highest BCUT2D eigenvalue weighted by Gasteiger charge is 2.17. The van der Waals surface area contributed by atoms with Gasteiger partial charge in [-0.15, -0.1) is 0 Å². The molecule has 0 N–H and O–H groups in total. The van der Waals surface area contributed by atoms with Gasteiger partial charge in [0.1, 0.15) is 0 Å². The van der Waals surface area contributed by atoms with Crippen molar-refractivity contribution in [1.82, 2.24) is 0 Å². The molecule has 1 fully saturated rings. The fourth-order valence-corrected chi connectivity index (χ4v) is 1.76. The Labute approximate surface area is 61.9 Å². The maximum atomic E-state index is 4.38. The van der Waals surface area contributed by atoms with Gasteiger partial charge in [0.2, 0.25) is 0 Å². The van der Waals surface area contributed by atoms with E-state index in [0.29, 0.717) is 10.5 Å². The first-order valence-electron chi connectivity index (χ1n) is 3.17. The Hall–Kier alpha value is 0.700. The molecule has 0 spiro atoms. The second-order valence-electron chi connectivity index (χ2n) is 2.42. The second-order valence-corrected chi connectivity index (χ2v) is 3.75. The molecule has 0 aromatic rings. The predicted octanol–water partition coefficient (Wildman–Crippen LogP) is 2.16. The van der Waals surface area contributed by atoms with Gasteiger partial charge in [0, 0.05) is 10.5 Å². The lowest BCUT2D eigenvalue weighted by Gasteiger charge is -2.22. The maximum absolute atomic E-state index is 4.38. The molecule has 0 aromatic carbocycles. The molecule has 2 atom stereocenters. The predicted molar refractivity (Wildman–Crippen MR) is 44.0 cm³/mol. The molecule has 1 rings (SSSR count). The van der Waals surface area contributed by atoms with Crippen LogP contribution in [-0.4, -0.2) is 10.5 Å². The molecule has 0 aromatic heterocycles. The minimum Gasteiger partial charge on any atom is -0.175 e. The van der Waals surface area contributed by atoms with Crippen LogP contribution in [-0.2, 0) is 0 Å². The van der Waals surface area contributed by atoms with Crippen LogP contribution in [0.5, 0.6) is 0 Å². The molecule has 0 aliphatic heterocycles. The van der Waals surface area contributed by atoms with Crippen molar-refractivity contribution in [3.05, 3.63) is 0 Å². The summed E-state index contributed by atoms with van der Waals surface area (Å²) in [5.74, 6) is 0. The lowest BCUT2D eigenvalue weighted by atomic mass is 10.00. The summed E-state index contributed by atoms with van der Waals surface area (Å²) in [6, 6.07) is 0. The van der Waals surface area contributed by atoms with E-state index in [-0.39, 0.29) is 0 Å². The first-order valence-corrected chi connectivity index (χ1v) is 4.20. The van der Waals surface area contributed by atoms with Crippen molar-refractivity contribution in [3.63, 3.8) is 0 Å². The maximum Gasteiger partial charge on any atom is 0.0133 e. The third-order valence-electron chi connectivity index (χ3n) is 1.69. The molecular weight excluding hydrogens is 136 g/mol. The Balaban J connectivity index is 2.28. The van der Waals surface area contributed by atoms with E-state index in [9.17, 15) is 0 Å². The monoisotopic (exact) mass is 148 g/mol. The number of thiol groups is 2. The summed E-state index contributed by atoms with van der Waals surface area (Å²) in [4.78, 5) is 0. The van der Waals surface area contributed by atoms with Crippen molar-refractivity contribution in [3.8, 4) is 0 Å². The molecule has 0 saturated heterocycles. The summed E-state index contributed by atoms with van der Waals surface area (Å²) in [5.41, 5.74) is 0. The van der Waals surface area contributed by atoms with Gasteiger partial charge in [-0.3, -0.25) is 0 Å². The Morgan fingerprint density at radius 1 is 0.875 bits per heavy atom. The van der Waals surface area contributed by atoms with Gasteiger partial charge >= 0.3 is 0 Å². The van der Waals surface area contributed by atoms with Crippen LogP contribution >= 0.6 is 25.3 Å². The smallest absolute Gasteiger partial charge is 0.0133 e. The summed E-state index contributed by atoms with van der Waals surface area (Å²) in [6.45, 7) is 0. The van der Waals surface area contributed by atoms with Gasteiger partial charge in [0.25, 0.3) is 0 Å². The molecule has 1 saturated carbocycles. The topological polar surface area (TPSA) is 0 Å². The highest BCUT2D eigenvalue weighted by molar-refractivity contribution is 7.85. The first kappa shape index (κ1) is 6.81. The molecule has 0 radical (unpaired) electrons. The molecule has 0 heterocycles. The van der Waals surface area contributed by atoms with E-state index in [1.54, 1.807) is 0 Å². The van der Waals surface area contributed by atoms with Crippen molar-refractivity contribution in [2.75, 3.05) is 0 Å². The van der Waals surface area contributed by atoms with E-state index >= 15 is 0 Å². The van der Waals surface area contributed by atoms with E-state index in [1.165, 1.54) is 25.7 Å². The van der Waals surface area contributed by atoms with Crippen LogP contribution in [0.25, 0.3) is 0 Å². The van der Waals surface area contributed by atoms with E-state index in [1.807, 2.05) is 0 Å². The van der Waals surface area contributed by atoms with Crippen LogP contribution in [0.15, 0.2) is 0 Å². The highest BCUT2D eigenvalue weighted by atomic mass is 32.1. The van der Waals surface area contributed by atoms with Crippen LogP contribution in [0.2, 0.25) is 0 Å². The highest BCUT2D eigenvalue weighted by Crippen LogP contribution is 2.26. The number of hydrogen-bond acceptors (Lipinski definition) is 2. The van der Waals surface area contributed by atoms with Crippen molar-refractivity contribution in [1.29, 1.82) is 0 Å². The van der Waals surface area contributed by atoms with Crippen LogP contribution in [0.3, 0.4) is 0 Å². The second kappa shape index (κ2) is 3.02. The zero-order valence-electron chi connectivity index (χ0n) is 4.88. The van der Waals surface area contributed by atoms with Crippen molar-refractivity contribution < 1.29 is 0 Å². The van der Waals surface area contributed by atoms with Crippen molar-refractivity contribution in [2.24, 2.45) is 0 Å². The zero-order chi connectivity index (χ0) is 5.98. The standard InChI is InChI=1S/C6H12S2/c7-5-3-1-2-4-6(5)8/h5-8H,1-4H2/t5-,6?/m1/s1. The molecule has 0 nitrogen and oxygen atoms in total. The molecule has 0 amide bonds. The van der Waals surface area contributed by atoms with Gasteiger partial charge in [0.15, 0.2) is 0 Å². The Bertz CT molecular complexity index is 62.9. The lowest BCUT2D eigenvalue weighted by Crippen LogP contribution is -2.19.